The molecular formula is C38H44O6. The molecule has 4 rings (SSSR count). The zero-order chi connectivity index (χ0) is 31.0. The zero-order valence-electron chi connectivity index (χ0n) is 25.5. The summed E-state index contributed by atoms with van der Waals surface area (Å²) in [5.41, 5.74) is 3.15. The molecule has 1 aliphatic carbocycles. The van der Waals surface area contributed by atoms with Crippen LogP contribution in [0.3, 0.4) is 0 Å². The van der Waals surface area contributed by atoms with Crippen molar-refractivity contribution >= 4 is 17.5 Å². The highest BCUT2D eigenvalue weighted by atomic mass is 16.5. The molecule has 0 saturated carbocycles. The van der Waals surface area contributed by atoms with Crippen molar-refractivity contribution in [2.24, 2.45) is 0 Å². The summed E-state index contributed by atoms with van der Waals surface area (Å²) in [7, 11) is 0. The first kappa shape index (κ1) is 32.7. The molecule has 6 nitrogen and oxygen atoms in total. The van der Waals surface area contributed by atoms with Crippen LogP contribution in [0.15, 0.2) is 97.1 Å². The Bertz CT molecular complexity index is 1380. The number of carboxylic acid groups (broad SMARTS) is 2. The molecule has 0 spiro atoms. The maximum absolute atomic E-state index is 12.0. The highest BCUT2D eigenvalue weighted by Gasteiger charge is 2.37. The van der Waals surface area contributed by atoms with E-state index in [2.05, 4.69) is 0 Å². The van der Waals surface area contributed by atoms with Gasteiger partial charge < -0.3 is 19.7 Å². The zero-order valence-corrected chi connectivity index (χ0v) is 25.5. The second-order valence-corrected chi connectivity index (χ2v) is 11.4. The van der Waals surface area contributed by atoms with Gasteiger partial charge in [-0.3, -0.25) is 0 Å². The topological polar surface area (TPSA) is 93.1 Å². The molecule has 3 aromatic rings. The van der Waals surface area contributed by atoms with E-state index in [0.29, 0.717) is 19.6 Å². The Morgan fingerprint density at radius 1 is 0.636 bits per heavy atom. The number of carbonyl (C=O) groups is 2. The predicted molar refractivity (Wildman–Crippen MR) is 175 cm³/mol. The van der Waals surface area contributed by atoms with Gasteiger partial charge in [0.25, 0.3) is 0 Å². The summed E-state index contributed by atoms with van der Waals surface area (Å²) in [6, 6.07) is 24.8. The number of carboxylic acids is 2. The number of hydrogen-bond acceptors (Lipinski definition) is 4. The van der Waals surface area contributed by atoms with Gasteiger partial charge in [0.2, 0.25) is 0 Å². The number of rotatable bonds is 19. The van der Waals surface area contributed by atoms with E-state index >= 15 is 0 Å². The Morgan fingerprint density at radius 3 is 1.70 bits per heavy atom. The van der Waals surface area contributed by atoms with Crippen LogP contribution in [0, 0.1) is 0 Å². The predicted octanol–water partition coefficient (Wildman–Crippen LogP) is 9.22. The van der Waals surface area contributed by atoms with Gasteiger partial charge in [-0.15, -0.1) is 0 Å². The van der Waals surface area contributed by atoms with Crippen molar-refractivity contribution in [3.63, 3.8) is 0 Å². The summed E-state index contributed by atoms with van der Waals surface area (Å²) >= 11 is 0. The fraction of sp³-hybridized carbons (Fsp3) is 0.368. The van der Waals surface area contributed by atoms with Crippen LogP contribution in [-0.2, 0) is 9.53 Å². The first-order valence-corrected chi connectivity index (χ1v) is 15.9. The lowest BCUT2D eigenvalue weighted by atomic mass is 9.89. The average Bonchev–Trinajstić information content (AvgIpc) is 3.06. The first-order valence-electron chi connectivity index (χ1n) is 15.9. The number of ether oxygens (including phenoxy) is 2. The maximum Gasteiger partial charge on any atom is 0.340 e. The van der Waals surface area contributed by atoms with E-state index in [4.69, 9.17) is 14.6 Å². The molecule has 44 heavy (non-hydrogen) atoms. The van der Waals surface area contributed by atoms with Crippen molar-refractivity contribution in [3.8, 4) is 16.9 Å². The lowest BCUT2D eigenvalue weighted by molar-refractivity contribution is -0.159. The van der Waals surface area contributed by atoms with Crippen LogP contribution in [-0.4, -0.2) is 41.0 Å². The molecule has 0 bridgehead atoms. The van der Waals surface area contributed by atoms with E-state index in [-0.39, 0.29) is 5.56 Å². The Morgan fingerprint density at radius 2 is 1.18 bits per heavy atom. The maximum atomic E-state index is 12.0. The van der Waals surface area contributed by atoms with Crippen LogP contribution in [0.2, 0.25) is 0 Å². The third kappa shape index (κ3) is 9.95. The third-order valence-electron chi connectivity index (χ3n) is 8.11. The van der Waals surface area contributed by atoms with E-state index in [1.54, 1.807) is 18.2 Å². The number of allylic oxidation sites excluding steroid dienone is 2. The Balaban J connectivity index is 0.983. The summed E-state index contributed by atoms with van der Waals surface area (Å²) < 4.78 is 11.8. The summed E-state index contributed by atoms with van der Waals surface area (Å²) in [5, 5.41) is 18.9. The number of aromatic carboxylic acids is 1. The van der Waals surface area contributed by atoms with E-state index in [1.807, 2.05) is 78.9 Å². The molecule has 1 atom stereocenters. The Hall–Kier alpha value is -4.16. The van der Waals surface area contributed by atoms with Gasteiger partial charge in [-0.1, -0.05) is 118 Å². The standard InChI is InChI=1S/C38H44O6/c39-36(40)34-18-16-31(17-19-34)32-20-22-35(23-21-32)43-28-12-7-5-3-1-2-4-6-8-13-29-44-38(37(41)42)26-24-33(25-27-38)30-14-10-9-11-15-30/h9-11,14-26H,1-8,12-13,27-29H2,(H,39,40)(H,41,42). The van der Waals surface area contributed by atoms with Crippen LogP contribution < -0.4 is 4.74 Å². The van der Waals surface area contributed by atoms with Gasteiger partial charge in [-0.05, 0) is 65.4 Å². The average molecular weight is 597 g/mol. The van der Waals surface area contributed by atoms with Crippen molar-refractivity contribution in [1.29, 1.82) is 0 Å². The lowest BCUT2D eigenvalue weighted by Gasteiger charge is -2.28. The number of aliphatic carboxylic acids is 1. The second kappa shape index (κ2) is 17.2. The molecule has 6 heteroatoms. The normalized spacial score (nSPS) is 16.0. The van der Waals surface area contributed by atoms with E-state index < -0.39 is 17.5 Å². The molecule has 1 aliphatic rings. The van der Waals surface area contributed by atoms with Gasteiger partial charge in [0.05, 0.1) is 12.2 Å². The summed E-state index contributed by atoms with van der Waals surface area (Å²) in [5.74, 6) is -0.998. The van der Waals surface area contributed by atoms with Crippen molar-refractivity contribution in [2.75, 3.05) is 13.2 Å². The first-order chi connectivity index (χ1) is 21.5. The molecule has 1 unspecified atom stereocenters. The van der Waals surface area contributed by atoms with Crippen molar-refractivity contribution in [2.45, 2.75) is 76.2 Å². The summed E-state index contributed by atoms with van der Waals surface area (Å²) in [6.07, 6.45) is 17.3. The Labute approximate surface area is 261 Å². The lowest BCUT2D eigenvalue weighted by Crippen LogP contribution is -2.40. The molecule has 0 aliphatic heterocycles. The molecule has 0 heterocycles. The van der Waals surface area contributed by atoms with Crippen LogP contribution >= 0.6 is 0 Å². The van der Waals surface area contributed by atoms with Gasteiger partial charge in [0, 0.05) is 13.0 Å². The summed E-state index contributed by atoms with van der Waals surface area (Å²) in [6.45, 7) is 1.16. The van der Waals surface area contributed by atoms with Crippen LogP contribution in [0.25, 0.3) is 16.7 Å². The minimum Gasteiger partial charge on any atom is -0.494 e. The van der Waals surface area contributed by atoms with Crippen molar-refractivity contribution in [3.05, 3.63) is 108 Å². The molecule has 0 radical (unpaired) electrons. The largest absolute Gasteiger partial charge is 0.494 e. The molecule has 0 fully saturated rings. The summed E-state index contributed by atoms with van der Waals surface area (Å²) in [4.78, 5) is 23.0. The molecule has 3 aromatic carbocycles. The second-order valence-electron chi connectivity index (χ2n) is 11.4. The van der Waals surface area contributed by atoms with Gasteiger partial charge in [0.1, 0.15) is 5.75 Å². The quantitative estimate of drug-likeness (QED) is 0.134. The highest BCUT2D eigenvalue weighted by molar-refractivity contribution is 5.88. The SMILES string of the molecule is O=C(O)c1ccc(-c2ccc(OCCCCCCCCCCCCOC3(C(=O)O)C=CC(c4ccccc4)=CC3)cc2)cc1. The monoisotopic (exact) mass is 596 g/mol. The number of unbranched alkanes of at least 4 members (excludes halogenated alkanes) is 9. The van der Waals surface area contributed by atoms with E-state index in [1.165, 1.54) is 32.1 Å². The van der Waals surface area contributed by atoms with E-state index in [9.17, 15) is 14.7 Å². The highest BCUT2D eigenvalue weighted by Crippen LogP contribution is 2.30. The number of hydrogen-bond donors (Lipinski definition) is 2. The van der Waals surface area contributed by atoms with Crippen LogP contribution in [0.1, 0.15) is 86.6 Å². The molecule has 232 valence electrons. The third-order valence-corrected chi connectivity index (χ3v) is 8.11. The fourth-order valence-electron chi connectivity index (χ4n) is 5.41. The van der Waals surface area contributed by atoms with E-state index in [0.717, 1.165) is 60.1 Å². The Kier molecular flexibility index (Phi) is 12.8. The van der Waals surface area contributed by atoms with Crippen LogP contribution in [0.5, 0.6) is 5.75 Å². The van der Waals surface area contributed by atoms with Gasteiger partial charge in [-0.25, -0.2) is 9.59 Å². The molecule has 0 amide bonds. The smallest absolute Gasteiger partial charge is 0.340 e. The van der Waals surface area contributed by atoms with Crippen LogP contribution in [0.4, 0.5) is 0 Å². The molecule has 0 aromatic heterocycles. The fourth-order valence-corrected chi connectivity index (χ4v) is 5.41. The molecule has 0 saturated heterocycles. The molecule has 2 N–H and O–H groups in total. The van der Waals surface area contributed by atoms with Crippen molar-refractivity contribution in [1.82, 2.24) is 0 Å². The number of benzene rings is 3. The van der Waals surface area contributed by atoms with Gasteiger partial charge in [-0.2, -0.15) is 0 Å². The van der Waals surface area contributed by atoms with Gasteiger partial charge >= 0.3 is 11.9 Å². The van der Waals surface area contributed by atoms with Gasteiger partial charge in [0.15, 0.2) is 5.60 Å². The minimum atomic E-state index is -1.26. The molecular weight excluding hydrogens is 552 g/mol. The minimum absolute atomic E-state index is 0.285. The van der Waals surface area contributed by atoms with Crippen molar-refractivity contribution < 1.29 is 29.3 Å².